The second-order valence-corrected chi connectivity index (χ2v) is 5.28. The summed E-state index contributed by atoms with van der Waals surface area (Å²) in [6, 6.07) is 13.7. The second kappa shape index (κ2) is 6.39. The van der Waals surface area contributed by atoms with Crippen LogP contribution < -0.4 is 10.1 Å². The number of benzene rings is 1. The van der Waals surface area contributed by atoms with Crippen LogP contribution in [0, 0.1) is 5.92 Å². The van der Waals surface area contributed by atoms with Crippen molar-refractivity contribution in [1.82, 2.24) is 10.3 Å². The van der Waals surface area contributed by atoms with Gasteiger partial charge >= 0.3 is 0 Å². The van der Waals surface area contributed by atoms with Crippen molar-refractivity contribution in [1.29, 1.82) is 0 Å². The average Bonchev–Trinajstić information content (AvgIpc) is 3.37. The summed E-state index contributed by atoms with van der Waals surface area (Å²) in [4.78, 5) is 15.9. The van der Waals surface area contributed by atoms with Gasteiger partial charge in [-0.25, -0.2) is 0 Å². The van der Waals surface area contributed by atoms with E-state index in [2.05, 4.69) is 10.3 Å². The maximum absolute atomic E-state index is 11.6. The molecule has 3 rings (SSSR count). The van der Waals surface area contributed by atoms with Crippen molar-refractivity contribution in [3.63, 3.8) is 0 Å². The number of ether oxygens (including phenoxy) is 1. The normalized spacial score (nSPS) is 13.7. The molecule has 1 aliphatic rings. The molecule has 108 valence electrons. The summed E-state index contributed by atoms with van der Waals surface area (Å²) in [6.07, 6.45) is 4.11. The molecule has 0 radical (unpaired) electrons. The van der Waals surface area contributed by atoms with E-state index in [-0.39, 0.29) is 12.5 Å². The summed E-state index contributed by atoms with van der Waals surface area (Å²) in [6.45, 7) is 0.812. The molecule has 1 fully saturated rings. The Kier molecular flexibility index (Phi) is 4.15. The molecule has 2 aromatic rings. The molecule has 0 bridgehead atoms. The molecule has 21 heavy (non-hydrogen) atoms. The molecule has 1 aliphatic carbocycles. The number of pyridine rings is 1. The van der Waals surface area contributed by atoms with Crippen LogP contribution in [0.2, 0.25) is 0 Å². The lowest BCUT2D eigenvalue weighted by molar-refractivity contribution is -0.123. The van der Waals surface area contributed by atoms with Crippen molar-refractivity contribution in [3.05, 3.63) is 48.7 Å². The maximum Gasteiger partial charge on any atom is 0.257 e. The van der Waals surface area contributed by atoms with Crippen LogP contribution in [0.15, 0.2) is 48.7 Å². The number of nitrogens with one attached hydrogen (secondary N) is 1. The van der Waals surface area contributed by atoms with E-state index in [1.165, 1.54) is 12.8 Å². The fraction of sp³-hybridized carbons (Fsp3) is 0.294. The number of amides is 1. The van der Waals surface area contributed by atoms with Crippen LogP contribution in [0.4, 0.5) is 0 Å². The highest BCUT2D eigenvalue weighted by molar-refractivity contribution is 5.77. The summed E-state index contributed by atoms with van der Waals surface area (Å²) in [5.41, 5.74) is 1.95. The van der Waals surface area contributed by atoms with Gasteiger partial charge in [-0.15, -0.1) is 0 Å². The van der Waals surface area contributed by atoms with E-state index < -0.39 is 0 Å². The van der Waals surface area contributed by atoms with Crippen molar-refractivity contribution >= 4 is 5.91 Å². The number of aromatic nitrogens is 1. The van der Waals surface area contributed by atoms with E-state index in [9.17, 15) is 4.79 Å². The Morgan fingerprint density at radius 2 is 2.00 bits per heavy atom. The Hall–Kier alpha value is -2.36. The zero-order valence-corrected chi connectivity index (χ0v) is 11.8. The third kappa shape index (κ3) is 4.05. The van der Waals surface area contributed by atoms with Crippen LogP contribution in [-0.2, 0) is 4.79 Å². The molecule has 1 saturated carbocycles. The van der Waals surface area contributed by atoms with E-state index in [0.29, 0.717) is 11.7 Å². The highest BCUT2D eigenvalue weighted by Gasteiger charge is 2.21. The van der Waals surface area contributed by atoms with Gasteiger partial charge in [-0.3, -0.25) is 9.78 Å². The van der Waals surface area contributed by atoms with E-state index in [4.69, 9.17) is 4.74 Å². The lowest BCUT2D eigenvalue weighted by Crippen LogP contribution is -2.30. The zero-order chi connectivity index (χ0) is 14.5. The molecule has 1 N–H and O–H groups in total. The molecule has 4 nitrogen and oxygen atoms in total. The van der Waals surface area contributed by atoms with Crippen LogP contribution in [0.25, 0.3) is 11.3 Å². The standard InChI is InChI=1S/C17H18N2O2/c20-17(19-10-13-6-7-13)12-21-15-8-9-16(18-11-15)14-4-2-1-3-5-14/h1-5,8-9,11,13H,6-7,10,12H2,(H,19,20). The predicted molar refractivity (Wildman–Crippen MR) is 80.9 cm³/mol. The van der Waals surface area contributed by atoms with Gasteiger partial charge in [0.1, 0.15) is 5.75 Å². The molecule has 1 aromatic heterocycles. The average molecular weight is 282 g/mol. The number of hydrogen-bond acceptors (Lipinski definition) is 3. The number of rotatable bonds is 6. The van der Waals surface area contributed by atoms with Crippen molar-refractivity contribution in [2.45, 2.75) is 12.8 Å². The monoisotopic (exact) mass is 282 g/mol. The van der Waals surface area contributed by atoms with Gasteiger partial charge in [0.25, 0.3) is 5.91 Å². The third-order valence-electron chi connectivity index (χ3n) is 3.46. The van der Waals surface area contributed by atoms with E-state index >= 15 is 0 Å². The lowest BCUT2D eigenvalue weighted by atomic mass is 10.1. The van der Waals surface area contributed by atoms with Gasteiger partial charge < -0.3 is 10.1 Å². The van der Waals surface area contributed by atoms with Crippen molar-refractivity contribution in [2.75, 3.05) is 13.2 Å². The van der Waals surface area contributed by atoms with Gasteiger partial charge in [0.2, 0.25) is 0 Å². The summed E-state index contributed by atoms with van der Waals surface area (Å²) in [7, 11) is 0. The van der Waals surface area contributed by atoms with Gasteiger partial charge in [-0.2, -0.15) is 0 Å². The minimum Gasteiger partial charge on any atom is -0.482 e. The van der Waals surface area contributed by atoms with E-state index in [0.717, 1.165) is 17.8 Å². The largest absolute Gasteiger partial charge is 0.482 e. The smallest absolute Gasteiger partial charge is 0.257 e. The second-order valence-electron chi connectivity index (χ2n) is 5.28. The summed E-state index contributed by atoms with van der Waals surface area (Å²) in [5, 5.41) is 2.87. The summed E-state index contributed by atoms with van der Waals surface area (Å²) >= 11 is 0. The lowest BCUT2D eigenvalue weighted by Gasteiger charge is -2.07. The van der Waals surface area contributed by atoms with Crippen LogP contribution in [0.1, 0.15) is 12.8 Å². The highest BCUT2D eigenvalue weighted by atomic mass is 16.5. The molecule has 0 unspecified atom stereocenters. The fourth-order valence-electron chi connectivity index (χ4n) is 2.03. The zero-order valence-electron chi connectivity index (χ0n) is 11.8. The number of carbonyl (C=O) groups excluding carboxylic acids is 1. The van der Waals surface area contributed by atoms with Gasteiger partial charge in [0, 0.05) is 12.1 Å². The Morgan fingerprint density at radius 1 is 1.19 bits per heavy atom. The fourth-order valence-corrected chi connectivity index (χ4v) is 2.03. The predicted octanol–water partition coefficient (Wildman–Crippen LogP) is 2.65. The van der Waals surface area contributed by atoms with Gasteiger partial charge in [-0.1, -0.05) is 30.3 Å². The number of hydrogen-bond donors (Lipinski definition) is 1. The molecular weight excluding hydrogens is 264 g/mol. The summed E-state index contributed by atoms with van der Waals surface area (Å²) < 4.78 is 5.44. The first kappa shape index (κ1) is 13.6. The van der Waals surface area contributed by atoms with Crippen LogP contribution in [0.3, 0.4) is 0 Å². The molecule has 0 saturated heterocycles. The topological polar surface area (TPSA) is 51.2 Å². The Morgan fingerprint density at radius 3 is 2.67 bits per heavy atom. The third-order valence-corrected chi connectivity index (χ3v) is 3.46. The maximum atomic E-state index is 11.6. The number of carbonyl (C=O) groups is 1. The van der Waals surface area contributed by atoms with Gasteiger partial charge in [0.05, 0.1) is 11.9 Å². The minimum absolute atomic E-state index is 0.0408. The Balaban J connectivity index is 1.51. The van der Waals surface area contributed by atoms with Crippen LogP contribution in [0.5, 0.6) is 5.75 Å². The molecule has 4 heteroatoms. The first-order valence-corrected chi connectivity index (χ1v) is 7.22. The molecular formula is C17H18N2O2. The number of nitrogens with zero attached hydrogens (tertiary/aromatic N) is 1. The van der Waals surface area contributed by atoms with Gasteiger partial charge in [-0.05, 0) is 30.9 Å². The SMILES string of the molecule is O=C(COc1ccc(-c2ccccc2)nc1)NCC1CC1. The molecule has 0 spiro atoms. The van der Waals surface area contributed by atoms with Crippen molar-refractivity contribution in [2.24, 2.45) is 5.92 Å². The van der Waals surface area contributed by atoms with Crippen molar-refractivity contribution in [3.8, 4) is 17.0 Å². The van der Waals surface area contributed by atoms with E-state index in [1.54, 1.807) is 6.20 Å². The van der Waals surface area contributed by atoms with Crippen molar-refractivity contribution < 1.29 is 9.53 Å². The summed E-state index contributed by atoms with van der Waals surface area (Å²) in [5.74, 6) is 1.21. The van der Waals surface area contributed by atoms with Crippen LogP contribution >= 0.6 is 0 Å². The quantitative estimate of drug-likeness (QED) is 0.886. The molecule has 1 heterocycles. The molecule has 0 atom stereocenters. The molecule has 1 amide bonds. The van der Waals surface area contributed by atoms with Gasteiger partial charge in [0.15, 0.2) is 6.61 Å². The Labute approximate surface area is 124 Å². The van der Waals surface area contributed by atoms with E-state index in [1.807, 2.05) is 42.5 Å². The highest BCUT2D eigenvalue weighted by Crippen LogP contribution is 2.27. The van der Waals surface area contributed by atoms with Crippen LogP contribution in [-0.4, -0.2) is 24.0 Å². The first-order chi connectivity index (χ1) is 10.3. The molecule has 1 aromatic carbocycles. The molecule has 0 aliphatic heterocycles. The Bertz CT molecular complexity index is 592. The minimum atomic E-state index is -0.0750. The first-order valence-electron chi connectivity index (χ1n) is 7.22.